The molecule has 3 rings (SSSR count). The van der Waals surface area contributed by atoms with Crippen molar-refractivity contribution in [2.45, 2.75) is 18.4 Å². The molecule has 0 unspecified atom stereocenters. The number of nitrogens with one attached hydrogen (secondary N) is 2. The lowest BCUT2D eigenvalue weighted by Gasteiger charge is -2.15. The summed E-state index contributed by atoms with van der Waals surface area (Å²) >= 11 is 0. The molecule has 150 valence electrons. The number of nitrogens with zero attached hydrogens (tertiary/aromatic N) is 1. The minimum absolute atomic E-state index is 0.0463. The van der Waals surface area contributed by atoms with Gasteiger partial charge in [0.05, 0.1) is 18.4 Å². The van der Waals surface area contributed by atoms with Crippen LogP contribution in [0.5, 0.6) is 0 Å². The smallest absolute Gasteiger partial charge is 0.337 e. The molecule has 0 saturated heterocycles. The summed E-state index contributed by atoms with van der Waals surface area (Å²) in [4.78, 5) is 15.8. The van der Waals surface area contributed by atoms with Crippen molar-refractivity contribution in [2.24, 2.45) is 0 Å². The summed E-state index contributed by atoms with van der Waals surface area (Å²) in [6, 6.07) is 15.0. The van der Waals surface area contributed by atoms with Crippen LogP contribution in [0.15, 0.2) is 71.9 Å². The Morgan fingerprint density at radius 3 is 2.38 bits per heavy atom. The Bertz CT molecular complexity index is 1100. The first-order valence-corrected chi connectivity index (χ1v) is 10.3. The third kappa shape index (κ3) is 5.11. The van der Waals surface area contributed by atoms with E-state index >= 15 is 0 Å². The fraction of sp³-hybridized carbons (Fsp3) is 0.143. The van der Waals surface area contributed by atoms with E-state index in [-0.39, 0.29) is 10.5 Å². The lowest BCUT2D eigenvalue weighted by molar-refractivity contribution is 0.0600. The van der Waals surface area contributed by atoms with Crippen LogP contribution in [0.4, 0.5) is 11.4 Å². The van der Waals surface area contributed by atoms with E-state index in [4.69, 9.17) is 4.74 Å². The minimum Gasteiger partial charge on any atom is -0.465 e. The molecule has 2 N–H and O–H groups in total. The van der Waals surface area contributed by atoms with Crippen molar-refractivity contribution in [3.8, 4) is 0 Å². The van der Waals surface area contributed by atoms with Crippen molar-refractivity contribution >= 4 is 27.4 Å². The molecule has 0 amide bonds. The van der Waals surface area contributed by atoms with Crippen molar-refractivity contribution in [1.29, 1.82) is 0 Å². The molecule has 0 atom stereocenters. The maximum Gasteiger partial charge on any atom is 0.337 e. The second-order valence-electron chi connectivity index (χ2n) is 6.38. The quantitative estimate of drug-likeness (QED) is 0.577. The summed E-state index contributed by atoms with van der Waals surface area (Å²) in [6.07, 6.45) is 3.32. The molecule has 2 aromatic carbocycles. The molecular weight excluding hydrogens is 390 g/mol. The van der Waals surface area contributed by atoms with Crippen LogP contribution < -0.4 is 10.0 Å². The van der Waals surface area contributed by atoms with Gasteiger partial charge in [-0.15, -0.1) is 0 Å². The fourth-order valence-electron chi connectivity index (χ4n) is 2.67. The first-order chi connectivity index (χ1) is 13.9. The Kier molecular flexibility index (Phi) is 6.13. The Labute approximate surface area is 169 Å². The Balaban J connectivity index is 1.95. The standard InChI is InChI=1S/C21H21N3O4S/c1-15-3-6-18(7-4-15)24-29(26,27)20-13-17(21(25)28-2)5-8-19(20)23-14-16-9-11-22-12-10-16/h3-13,23-24H,14H2,1-2H3. The number of hydrogen-bond acceptors (Lipinski definition) is 6. The summed E-state index contributed by atoms with van der Waals surface area (Å²) in [5.74, 6) is -0.613. The third-order valence-corrected chi connectivity index (χ3v) is 5.65. The number of aromatic nitrogens is 1. The monoisotopic (exact) mass is 411 g/mol. The average molecular weight is 411 g/mol. The summed E-state index contributed by atoms with van der Waals surface area (Å²) in [6.45, 7) is 2.31. The lowest BCUT2D eigenvalue weighted by atomic mass is 10.2. The number of aryl methyl sites for hydroxylation is 1. The molecule has 0 aliphatic heterocycles. The Morgan fingerprint density at radius 1 is 1.03 bits per heavy atom. The molecule has 0 spiro atoms. The zero-order valence-electron chi connectivity index (χ0n) is 16.0. The van der Waals surface area contributed by atoms with Crippen LogP contribution in [0, 0.1) is 6.92 Å². The molecule has 1 aromatic heterocycles. The average Bonchev–Trinajstić information content (AvgIpc) is 2.74. The highest BCUT2D eigenvalue weighted by Gasteiger charge is 2.21. The second kappa shape index (κ2) is 8.74. The van der Waals surface area contributed by atoms with Gasteiger partial charge < -0.3 is 10.1 Å². The maximum absolute atomic E-state index is 13.1. The zero-order chi connectivity index (χ0) is 20.9. The number of benzene rings is 2. The van der Waals surface area contributed by atoms with Crippen molar-refractivity contribution in [3.05, 3.63) is 83.7 Å². The van der Waals surface area contributed by atoms with Crippen LogP contribution in [0.2, 0.25) is 0 Å². The van der Waals surface area contributed by atoms with E-state index in [1.165, 1.54) is 19.2 Å². The molecular formula is C21H21N3O4S. The second-order valence-corrected chi connectivity index (χ2v) is 8.03. The molecule has 1 heterocycles. The van der Waals surface area contributed by atoms with Gasteiger partial charge in [-0.25, -0.2) is 13.2 Å². The predicted molar refractivity (Wildman–Crippen MR) is 111 cm³/mol. The van der Waals surface area contributed by atoms with Crippen LogP contribution >= 0.6 is 0 Å². The predicted octanol–water partition coefficient (Wildman–Crippen LogP) is 3.59. The van der Waals surface area contributed by atoms with Gasteiger partial charge in [0.2, 0.25) is 0 Å². The highest BCUT2D eigenvalue weighted by atomic mass is 32.2. The number of sulfonamides is 1. The Hall–Kier alpha value is -3.39. The van der Waals surface area contributed by atoms with E-state index in [0.29, 0.717) is 17.9 Å². The third-order valence-electron chi connectivity index (χ3n) is 4.23. The van der Waals surface area contributed by atoms with Crippen molar-refractivity contribution in [1.82, 2.24) is 4.98 Å². The molecule has 0 aliphatic carbocycles. The van der Waals surface area contributed by atoms with E-state index < -0.39 is 16.0 Å². The zero-order valence-corrected chi connectivity index (χ0v) is 16.9. The van der Waals surface area contributed by atoms with Gasteiger partial charge in [0, 0.05) is 24.6 Å². The van der Waals surface area contributed by atoms with Crippen molar-refractivity contribution in [3.63, 3.8) is 0 Å². The first-order valence-electron chi connectivity index (χ1n) is 8.84. The van der Waals surface area contributed by atoms with Crippen molar-refractivity contribution in [2.75, 3.05) is 17.1 Å². The summed E-state index contributed by atoms with van der Waals surface area (Å²) in [5.41, 5.74) is 2.90. The molecule has 0 bridgehead atoms. The number of hydrogen-bond donors (Lipinski definition) is 2. The van der Waals surface area contributed by atoms with Gasteiger partial charge in [0.25, 0.3) is 10.0 Å². The van der Waals surface area contributed by atoms with E-state index in [9.17, 15) is 13.2 Å². The maximum atomic E-state index is 13.1. The van der Waals surface area contributed by atoms with Crippen LogP contribution in [0.1, 0.15) is 21.5 Å². The molecule has 0 fully saturated rings. The van der Waals surface area contributed by atoms with Gasteiger partial charge in [-0.05, 0) is 55.0 Å². The fourth-order valence-corrected chi connectivity index (χ4v) is 3.93. The van der Waals surface area contributed by atoms with Crippen molar-refractivity contribution < 1.29 is 17.9 Å². The van der Waals surface area contributed by atoms with Crippen LogP contribution in [-0.2, 0) is 21.3 Å². The van der Waals surface area contributed by atoms with Gasteiger partial charge >= 0.3 is 5.97 Å². The van der Waals surface area contributed by atoms with Gasteiger partial charge in [0.15, 0.2) is 0 Å². The number of rotatable bonds is 7. The van der Waals surface area contributed by atoms with E-state index in [1.54, 1.807) is 30.6 Å². The highest BCUT2D eigenvalue weighted by molar-refractivity contribution is 7.92. The topological polar surface area (TPSA) is 97.4 Å². The molecule has 0 radical (unpaired) electrons. The summed E-state index contributed by atoms with van der Waals surface area (Å²) in [7, 11) is -2.71. The molecule has 0 saturated carbocycles. The molecule has 8 heteroatoms. The normalized spacial score (nSPS) is 11.0. The number of anilines is 2. The van der Waals surface area contributed by atoms with Crippen LogP contribution in [-0.4, -0.2) is 26.5 Å². The molecule has 7 nitrogen and oxygen atoms in total. The number of esters is 1. The Morgan fingerprint density at radius 2 is 1.72 bits per heavy atom. The SMILES string of the molecule is COC(=O)c1ccc(NCc2ccncc2)c(S(=O)(=O)Nc2ccc(C)cc2)c1. The number of carbonyl (C=O) groups is 1. The molecule has 3 aromatic rings. The number of pyridine rings is 1. The van der Waals surface area contributed by atoms with Crippen LogP contribution in [0.3, 0.4) is 0 Å². The minimum atomic E-state index is -3.96. The molecule has 0 aliphatic rings. The van der Waals surface area contributed by atoms with Gasteiger partial charge in [0.1, 0.15) is 4.90 Å². The van der Waals surface area contributed by atoms with E-state index in [1.807, 2.05) is 31.2 Å². The van der Waals surface area contributed by atoms with E-state index in [2.05, 4.69) is 15.0 Å². The van der Waals surface area contributed by atoms with Crippen LogP contribution in [0.25, 0.3) is 0 Å². The number of carbonyl (C=O) groups excluding carboxylic acids is 1. The summed E-state index contributed by atoms with van der Waals surface area (Å²) < 4.78 is 33.4. The number of methoxy groups -OCH3 is 1. The van der Waals surface area contributed by atoms with Gasteiger partial charge in [-0.2, -0.15) is 0 Å². The molecule has 29 heavy (non-hydrogen) atoms. The largest absolute Gasteiger partial charge is 0.465 e. The summed E-state index contributed by atoms with van der Waals surface area (Å²) in [5, 5.41) is 3.12. The van der Waals surface area contributed by atoms with Gasteiger partial charge in [-0.3, -0.25) is 9.71 Å². The lowest BCUT2D eigenvalue weighted by Crippen LogP contribution is -2.16. The first kappa shape index (κ1) is 20.3. The number of ether oxygens (including phenoxy) is 1. The van der Waals surface area contributed by atoms with E-state index in [0.717, 1.165) is 11.1 Å². The van der Waals surface area contributed by atoms with Gasteiger partial charge in [-0.1, -0.05) is 17.7 Å². The highest BCUT2D eigenvalue weighted by Crippen LogP contribution is 2.26.